The van der Waals surface area contributed by atoms with E-state index in [1.165, 1.54) is 0 Å². The Morgan fingerprint density at radius 2 is 2.18 bits per heavy atom. The number of nitrogens with one attached hydrogen (secondary N) is 1. The number of ether oxygens (including phenoxy) is 1. The standard InChI is InChI=1S/C11H15BrN2O3/c1-11(2,3)17-10(16)14-9-5-4-7(12)8(6-15)13-9/h4-5,15H,6H2,1-3H3,(H,13,14,16). The molecule has 1 heterocycles. The molecule has 5 nitrogen and oxygen atoms in total. The lowest BCUT2D eigenvalue weighted by atomic mass is 10.2. The molecule has 0 bridgehead atoms. The zero-order chi connectivity index (χ0) is 13.1. The molecule has 17 heavy (non-hydrogen) atoms. The van der Waals surface area contributed by atoms with E-state index < -0.39 is 11.7 Å². The summed E-state index contributed by atoms with van der Waals surface area (Å²) in [6.07, 6.45) is -0.573. The molecule has 94 valence electrons. The van der Waals surface area contributed by atoms with Crippen molar-refractivity contribution in [2.45, 2.75) is 33.0 Å². The first-order chi connectivity index (χ1) is 7.81. The first-order valence-electron chi connectivity index (χ1n) is 5.08. The van der Waals surface area contributed by atoms with Crippen LogP contribution in [0, 0.1) is 0 Å². The quantitative estimate of drug-likeness (QED) is 0.881. The Kier molecular flexibility index (Phi) is 4.47. The molecule has 0 aliphatic rings. The second-order valence-corrected chi connectivity index (χ2v) is 5.26. The zero-order valence-electron chi connectivity index (χ0n) is 9.95. The van der Waals surface area contributed by atoms with Gasteiger partial charge in [-0.1, -0.05) is 0 Å². The van der Waals surface area contributed by atoms with Gasteiger partial charge in [0.15, 0.2) is 0 Å². The normalized spacial score (nSPS) is 11.1. The van der Waals surface area contributed by atoms with Crippen LogP contribution in [0.1, 0.15) is 26.5 Å². The van der Waals surface area contributed by atoms with Crippen LogP contribution in [0.4, 0.5) is 10.6 Å². The average Bonchev–Trinajstić information content (AvgIpc) is 2.18. The molecule has 0 atom stereocenters. The molecule has 0 saturated heterocycles. The third-order valence-electron chi connectivity index (χ3n) is 1.70. The molecule has 0 spiro atoms. The van der Waals surface area contributed by atoms with Crippen molar-refractivity contribution < 1.29 is 14.6 Å². The third kappa shape index (κ3) is 4.70. The van der Waals surface area contributed by atoms with Gasteiger partial charge < -0.3 is 9.84 Å². The Bertz CT molecular complexity index is 416. The number of aliphatic hydroxyl groups excluding tert-OH is 1. The van der Waals surface area contributed by atoms with Crippen LogP contribution in [0.25, 0.3) is 0 Å². The monoisotopic (exact) mass is 302 g/mol. The molecule has 1 amide bonds. The van der Waals surface area contributed by atoms with E-state index >= 15 is 0 Å². The lowest BCUT2D eigenvalue weighted by Crippen LogP contribution is -2.27. The fourth-order valence-electron chi connectivity index (χ4n) is 1.07. The molecule has 1 aromatic rings. The molecular formula is C11H15BrN2O3. The number of amides is 1. The van der Waals surface area contributed by atoms with Gasteiger partial charge in [-0.2, -0.15) is 0 Å². The summed E-state index contributed by atoms with van der Waals surface area (Å²) in [7, 11) is 0. The second-order valence-electron chi connectivity index (χ2n) is 4.41. The molecule has 0 aliphatic heterocycles. The average molecular weight is 303 g/mol. The van der Waals surface area contributed by atoms with Gasteiger partial charge >= 0.3 is 6.09 Å². The number of carbonyl (C=O) groups is 1. The maximum absolute atomic E-state index is 11.5. The second kappa shape index (κ2) is 5.46. The molecule has 0 saturated carbocycles. The summed E-state index contributed by atoms with van der Waals surface area (Å²) in [5, 5.41) is 11.5. The molecule has 0 aromatic carbocycles. The van der Waals surface area contributed by atoms with E-state index in [0.29, 0.717) is 16.0 Å². The highest BCUT2D eigenvalue weighted by Crippen LogP contribution is 2.18. The van der Waals surface area contributed by atoms with Gasteiger partial charge in [0.2, 0.25) is 0 Å². The van der Waals surface area contributed by atoms with Crippen molar-refractivity contribution >= 4 is 27.8 Å². The van der Waals surface area contributed by atoms with Crippen molar-refractivity contribution in [3.05, 3.63) is 22.3 Å². The molecule has 0 unspecified atom stereocenters. The number of aliphatic hydroxyl groups is 1. The molecule has 1 rings (SSSR count). The van der Waals surface area contributed by atoms with Gasteiger partial charge in [0.25, 0.3) is 0 Å². The highest BCUT2D eigenvalue weighted by atomic mass is 79.9. The van der Waals surface area contributed by atoms with Crippen LogP contribution >= 0.6 is 15.9 Å². The summed E-state index contributed by atoms with van der Waals surface area (Å²) in [6.45, 7) is 5.13. The Balaban J connectivity index is 2.72. The van der Waals surface area contributed by atoms with Crippen LogP contribution < -0.4 is 5.32 Å². The van der Waals surface area contributed by atoms with Crippen molar-refractivity contribution in [2.24, 2.45) is 0 Å². The van der Waals surface area contributed by atoms with Crippen LogP contribution in [-0.4, -0.2) is 21.8 Å². The van der Waals surface area contributed by atoms with E-state index in [4.69, 9.17) is 9.84 Å². The largest absolute Gasteiger partial charge is 0.444 e. The van der Waals surface area contributed by atoms with Crippen molar-refractivity contribution in [1.82, 2.24) is 4.98 Å². The number of hydrogen-bond donors (Lipinski definition) is 2. The number of hydrogen-bond acceptors (Lipinski definition) is 4. The topological polar surface area (TPSA) is 71.5 Å². The van der Waals surface area contributed by atoms with Crippen molar-refractivity contribution in [2.75, 3.05) is 5.32 Å². The third-order valence-corrected chi connectivity index (χ3v) is 2.42. The van der Waals surface area contributed by atoms with Crippen LogP contribution in [0.5, 0.6) is 0 Å². The van der Waals surface area contributed by atoms with Gasteiger partial charge in [0.1, 0.15) is 11.4 Å². The van der Waals surface area contributed by atoms with Gasteiger partial charge in [0.05, 0.1) is 12.3 Å². The maximum Gasteiger partial charge on any atom is 0.413 e. The SMILES string of the molecule is CC(C)(C)OC(=O)Nc1ccc(Br)c(CO)n1. The number of pyridine rings is 1. The van der Waals surface area contributed by atoms with E-state index in [0.717, 1.165) is 0 Å². The van der Waals surface area contributed by atoms with Crippen LogP contribution in [0.3, 0.4) is 0 Å². The number of aromatic nitrogens is 1. The lowest BCUT2D eigenvalue weighted by Gasteiger charge is -2.19. The molecule has 0 aliphatic carbocycles. The number of carbonyl (C=O) groups excluding carboxylic acids is 1. The first-order valence-corrected chi connectivity index (χ1v) is 5.87. The Labute approximate surface area is 108 Å². The van der Waals surface area contributed by atoms with Crippen LogP contribution in [0.15, 0.2) is 16.6 Å². The lowest BCUT2D eigenvalue weighted by molar-refractivity contribution is 0.0635. The molecule has 0 fully saturated rings. The molecule has 1 aromatic heterocycles. The molecule has 6 heteroatoms. The Morgan fingerprint density at radius 1 is 1.53 bits per heavy atom. The summed E-state index contributed by atoms with van der Waals surface area (Å²) in [5.74, 6) is 0.339. The minimum atomic E-state index is -0.573. The summed E-state index contributed by atoms with van der Waals surface area (Å²) in [6, 6.07) is 3.32. The van der Waals surface area contributed by atoms with Crippen LogP contribution in [-0.2, 0) is 11.3 Å². The summed E-state index contributed by atoms with van der Waals surface area (Å²) >= 11 is 3.24. The van der Waals surface area contributed by atoms with Crippen molar-refractivity contribution in [1.29, 1.82) is 0 Å². The minimum Gasteiger partial charge on any atom is -0.444 e. The van der Waals surface area contributed by atoms with E-state index in [2.05, 4.69) is 26.2 Å². The van der Waals surface area contributed by atoms with E-state index in [1.54, 1.807) is 32.9 Å². The molecule has 2 N–H and O–H groups in total. The van der Waals surface area contributed by atoms with Gasteiger partial charge in [-0.3, -0.25) is 5.32 Å². The van der Waals surface area contributed by atoms with Gasteiger partial charge in [-0.05, 0) is 48.8 Å². The van der Waals surface area contributed by atoms with Crippen LogP contribution in [0.2, 0.25) is 0 Å². The summed E-state index contributed by atoms with van der Waals surface area (Å²) < 4.78 is 5.77. The van der Waals surface area contributed by atoms with Crippen molar-refractivity contribution in [3.8, 4) is 0 Å². The fraction of sp³-hybridized carbons (Fsp3) is 0.455. The number of halogens is 1. The minimum absolute atomic E-state index is 0.204. The fourth-order valence-corrected chi connectivity index (χ4v) is 1.42. The zero-order valence-corrected chi connectivity index (χ0v) is 11.5. The predicted molar refractivity (Wildman–Crippen MR) is 67.7 cm³/mol. The van der Waals surface area contributed by atoms with Gasteiger partial charge in [-0.25, -0.2) is 9.78 Å². The van der Waals surface area contributed by atoms with E-state index in [9.17, 15) is 4.79 Å². The summed E-state index contributed by atoms with van der Waals surface area (Å²) in [5.41, 5.74) is -0.0993. The van der Waals surface area contributed by atoms with E-state index in [-0.39, 0.29) is 6.61 Å². The number of rotatable bonds is 2. The highest BCUT2D eigenvalue weighted by molar-refractivity contribution is 9.10. The molecular weight excluding hydrogens is 288 g/mol. The molecule has 0 radical (unpaired) electrons. The van der Waals surface area contributed by atoms with Gasteiger partial charge in [0, 0.05) is 4.47 Å². The smallest absolute Gasteiger partial charge is 0.413 e. The Morgan fingerprint density at radius 3 is 2.71 bits per heavy atom. The predicted octanol–water partition coefficient (Wildman–Crippen LogP) is 2.68. The summed E-state index contributed by atoms with van der Waals surface area (Å²) in [4.78, 5) is 15.5. The number of nitrogens with zero attached hydrogens (tertiary/aromatic N) is 1. The van der Waals surface area contributed by atoms with E-state index in [1.807, 2.05) is 0 Å². The maximum atomic E-state index is 11.5. The number of anilines is 1. The Hall–Kier alpha value is -1.14. The van der Waals surface area contributed by atoms with Gasteiger partial charge in [-0.15, -0.1) is 0 Å². The van der Waals surface area contributed by atoms with Crippen molar-refractivity contribution in [3.63, 3.8) is 0 Å². The highest BCUT2D eigenvalue weighted by Gasteiger charge is 2.16. The first kappa shape index (κ1) is 13.9.